The molecule has 2 atom stereocenters. The largest absolute Gasteiger partial charge is 0.507 e. The minimum Gasteiger partial charge on any atom is -0.507 e. The molecule has 1 heterocycles. The number of phenols is 1. The summed E-state index contributed by atoms with van der Waals surface area (Å²) >= 11 is 0. The highest BCUT2D eigenvalue weighted by Crippen LogP contribution is 2.39. The van der Waals surface area contributed by atoms with E-state index in [1.165, 1.54) is 0 Å². The van der Waals surface area contributed by atoms with Crippen LogP contribution in [0.1, 0.15) is 76.4 Å². The van der Waals surface area contributed by atoms with Crippen molar-refractivity contribution in [2.45, 2.75) is 77.9 Å². The van der Waals surface area contributed by atoms with Crippen molar-refractivity contribution in [3.63, 3.8) is 0 Å². The molecule has 0 radical (unpaired) electrons. The SMILES string of the molecule is CCO[C@@H]1COCC[C@H]1NC(=O)c1cc(C(C)(C)C)c(O)c(C(C)(C)C)c1. The molecule has 2 N–H and O–H groups in total. The van der Waals surface area contributed by atoms with Gasteiger partial charge in [-0.15, -0.1) is 0 Å². The average Bonchev–Trinajstić information content (AvgIpc) is 2.54. The van der Waals surface area contributed by atoms with E-state index in [0.29, 0.717) is 25.4 Å². The molecule has 1 fully saturated rings. The molecule has 0 spiro atoms. The quantitative estimate of drug-likeness (QED) is 0.835. The molecule has 1 amide bonds. The maximum Gasteiger partial charge on any atom is 0.251 e. The highest BCUT2D eigenvalue weighted by molar-refractivity contribution is 5.95. The van der Waals surface area contributed by atoms with Crippen LogP contribution in [0.2, 0.25) is 0 Å². The first-order valence-electron chi connectivity index (χ1n) is 9.83. The first-order chi connectivity index (χ1) is 12.4. The van der Waals surface area contributed by atoms with E-state index in [4.69, 9.17) is 9.47 Å². The predicted molar refractivity (Wildman–Crippen MR) is 108 cm³/mol. The third-order valence-corrected chi connectivity index (χ3v) is 4.99. The van der Waals surface area contributed by atoms with Gasteiger partial charge in [-0.05, 0) is 36.3 Å². The molecule has 5 nitrogen and oxygen atoms in total. The summed E-state index contributed by atoms with van der Waals surface area (Å²) in [4.78, 5) is 13.0. The number of hydrogen-bond donors (Lipinski definition) is 2. The van der Waals surface area contributed by atoms with E-state index in [1.807, 2.05) is 60.6 Å². The lowest BCUT2D eigenvalue weighted by Crippen LogP contribution is -2.50. The van der Waals surface area contributed by atoms with Gasteiger partial charge in [0.05, 0.1) is 12.6 Å². The number of phenolic OH excluding ortho intramolecular Hbond substituents is 1. The summed E-state index contributed by atoms with van der Waals surface area (Å²) in [6, 6.07) is 3.56. The van der Waals surface area contributed by atoms with Crippen molar-refractivity contribution in [2.24, 2.45) is 0 Å². The minimum atomic E-state index is -0.271. The van der Waals surface area contributed by atoms with E-state index in [0.717, 1.165) is 17.5 Å². The van der Waals surface area contributed by atoms with Gasteiger partial charge >= 0.3 is 0 Å². The Morgan fingerprint density at radius 3 is 2.22 bits per heavy atom. The number of rotatable bonds is 4. The lowest BCUT2D eigenvalue weighted by molar-refractivity contribution is -0.0632. The Labute approximate surface area is 163 Å². The lowest BCUT2D eigenvalue weighted by atomic mass is 9.78. The fourth-order valence-corrected chi connectivity index (χ4v) is 3.42. The van der Waals surface area contributed by atoms with Crippen LogP contribution in [0.25, 0.3) is 0 Å². The van der Waals surface area contributed by atoms with Crippen molar-refractivity contribution in [3.05, 3.63) is 28.8 Å². The molecule has 5 heteroatoms. The monoisotopic (exact) mass is 377 g/mol. The zero-order chi connectivity index (χ0) is 20.4. The topological polar surface area (TPSA) is 67.8 Å². The van der Waals surface area contributed by atoms with Crippen LogP contribution in [0.4, 0.5) is 0 Å². The van der Waals surface area contributed by atoms with Crippen LogP contribution in [0.3, 0.4) is 0 Å². The Bertz CT molecular complexity index is 633. The first kappa shape index (κ1) is 21.7. The Morgan fingerprint density at radius 1 is 1.19 bits per heavy atom. The molecule has 1 saturated heterocycles. The Morgan fingerprint density at radius 2 is 1.74 bits per heavy atom. The molecule has 0 bridgehead atoms. The Kier molecular flexibility index (Phi) is 6.59. The minimum absolute atomic E-state index is 0.0730. The Balaban J connectivity index is 2.37. The predicted octanol–water partition coefficient (Wildman–Crippen LogP) is 3.91. The summed E-state index contributed by atoms with van der Waals surface area (Å²) in [6.45, 7) is 15.9. The number of carbonyl (C=O) groups excluding carboxylic acids is 1. The molecular formula is C22H35NO4. The highest BCUT2D eigenvalue weighted by Gasteiger charge is 2.31. The van der Waals surface area contributed by atoms with Gasteiger partial charge in [-0.1, -0.05) is 41.5 Å². The first-order valence-corrected chi connectivity index (χ1v) is 9.83. The van der Waals surface area contributed by atoms with Crippen LogP contribution in [0.5, 0.6) is 5.75 Å². The number of aromatic hydroxyl groups is 1. The lowest BCUT2D eigenvalue weighted by Gasteiger charge is -2.32. The summed E-state index contributed by atoms with van der Waals surface area (Å²) in [7, 11) is 0. The van der Waals surface area contributed by atoms with Crippen LogP contribution < -0.4 is 5.32 Å². The van der Waals surface area contributed by atoms with Gasteiger partial charge in [-0.2, -0.15) is 0 Å². The third-order valence-electron chi connectivity index (χ3n) is 4.99. The van der Waals surface area contributed by atoms with Crippen molar-refractivity contribution in [2.75, 3.05) is 19.8 Å². The third kappa shape index (κ3) is 5.23. The zero-order valence-electron chi connectivity index (χ0n) is 17.8. The van der Waals surface area contributed by atoms with Gasteiger partial charge in [0.1, 0.15) is 11.9 Å². The molecule has 1 aliphatic heterocycles. The number of benzene rings is 1. The van der Waals surface area contributed by atoms with E-state index in [-0.39, 0.29) is 34.6 Å². The van der Waals surface area contributed by atoms with Gasteiger partial charge in [0.15, 0.2) is 0 Å². The molecule has 152 valence electrons. The van der Waals surface area contributed by atoms with Crippen LogP contribution in [0, 0.1) is 0 Å². The number of carbonyl (C=O) groups is 1. The normalized spacial score (nSPS) is 21.1. The molecule has 0 aliphatic carbocycles. The maximum absolute atomic E-state index is 13.0. The van der Waals surface area contributed by atoms with Crippen molar-refractivity contribution in [3.8, 4) is 5.75 Å². The van der Waals surface area contributed by atoms with Crippen molar-refractivity contribution in [1.29, 1.82) is 0 Å². The molecule has 27 heavy (non-hydrogen) atoms. The van der Waals surface area contributed by atoms with Gasteiger partial charge in [-0.3, -0.25) is 4.79 Å². The fourth-order valence-electron chi connectivity index (χ4n) is 3.42. The van der Waals surface area contributed by atoms with E-state index in [1.54, 1.807) is 0 Å². The second-order valence-corrected chi connectivity index (χ2v) is 9.36. The Hall–Kier alpha value is -1.59. The molecule has 0 unspecified atom stereocenters. The number of ether oxygens (including phenoxy) is 2. The van der Waals surface area contributed by atoms with Crippen molar-refractivity contribution in [1.82, 2.24) is 5.32 Å². The molecule has 1 aromatic carbocycles. The zero-order valence-corrected chi connectivity index (χ0v) is 17.8. The summed E-state index contributed by atoms with van der Waals surface area (Å²) in [5.41, 5.74) is 1.60. The van der Waals surface area contributed by atoms with Crippen molar-refractivity contribution >= 4 is 5.91 Å². The number of nitrogens with one attached hydrogen (secondary N) is 1. The second kappa shape index (κ2) is 8.19. The van der Waals surface area contributed by atoms with E-state index in [9.17, 15) is 9.90 Å². The van der Waals surface area contributed by atoms with Crippen LogP contribution in [-0.2, 0) is 20.3 Å². The molecule has 0 saturated carbocycles. The van der Waals surface area contributed by atoms with E-state index in [2.05, 4.69) is 5.32 Å². The smallest absolute Gasteiger partial charge is 0.251 e. The molecule has 2 rings (SSSR count). The standard InChI is InChI=1S/C22H35NO4/c1-8-27-18-13-26-10-9-17(18)23-20(25)14-11-15(21(2,3)4)19(24)16(12-14)22(5,6)7/h11-12,17-18,24H,8-10,13H2,1-7H3,(H,23,25)/t17-,18-/m1/s1. The summed E-state index contributed by atoms with van der Waals surface area (Å²) in [5, 5.41) is 14.0. The molecule has 0 aromatic heterocycles. The van der Waals surface area contributed by atoms with Gasteiger partial charge < -0.3 is 19.9 Å². The van der Waals surface area contributed by atoms with Gasteiger partial charge in [0.25, 0.3) is 5.91 Å². The van der Waals surface area contributed by atoms with Crippen LogP contribution >= 0.6 is 0 Å². The summed E-state index contributed by atoms with van der Waals surface area (Å²) in [6.07, 6.45) is 0.598. The molecular weight excluding hydrogens is 342 g/mol. The highest BCUT2D eigenvalue weighted by atomic mass is 16.5. The van der Waals surface area contributed by atoms with Gasteiger partial charge in [0, 0.05) is 29.9 Å². The molecule has 1 aromatic rings. The fraction of sp³-hybridized carbons (Fsp3) is 0.682. The van der Waals surface area contributed by atoms with E-state index < -0.39 is 0 Å². The molecule has 1 aliphatic rings. The van der Waals surface area contributed by atoms with Crippen molar-refractivity contribution < 1.29 is 19.4 Å². The van der Waals surface area contributed by atoms with E-state index >= 15 is 0 Å². The van der Waals surface area contributed by atoms with Crippen LogP contribution in [-0.4, -0.2) is 43.0 Å². The average molecular weight is 378 g/mol. The maximum atomic E-state index is 13.0. The van der Waals surface area contributed by atoms with Gasteiger partial charge in [0.2, 0.25) is 0 Å². The second-order valence-electron chi connectivity index (χ2n) is 9.36. The summed E-state index contributed by atoms with van der Waals surface area (Å²) in [5.74, 6) is 0.146. The van der Waals surface area contributed by atoms with Crippen LogP contribution in [0.15, 0.2) is 12.1 Å². The number of hydrogen-bond acceptors (Lipinski definition) is 4. The summed E-state index contributed by atoms with van der Waals surface area (Å²) < 4.78 is 11.2. The number of amides is 1. The van der Waals surface area contributed by atoms with Gasteiger partial charge in [-0.25, -0.2) is 0 Å².